The van der Waals surface area contributed by atoms with E-state index in [2.05, 4.69) is 19.9 Å². The fourth-order valence-electron chi connectivity index (χ4n) is 9.24. The van der Waals surface area contributed by atoms with Crippen LogP contribution in [0.1, 0.15) is 71.6 Å². The Hall–Kier alpha value is -1.34. The maximum Gasteiger partial charge on any atom is 0.193 e. The number of rotatable bonds is 3. The number of ether oxygens (including phenoxy) is 2. The number of carbonyl (C=O) groups excluding carboxylic acids is 2. The number of ketones is 2. The molecule has 9 atom stereocenters. The number of carbonyl (C=O) groups is 2. The molecule has 6 heteroatoms. The minimum Gasteiger partial charge on any atom is -0.393 e. The Bertz CT molecular complexity index is 949. The van der Waals surface area contributed by atoms with Crippen LogP contribution in [0.25, 0.3) is 0 Å². The maximum absolute atomic E-state index is 13.5. The van der Waals surface area contributed by atoms with Gasteiger partial charge in [0.1, 0.15) is 6.61 Å². The zero-order valence-electron chi connectivity index (χ0n) is 20.4. The third-order valence-corrected chi connectivity index (χ3v) is 10.8. The highest BCUT2D eigenvalue weighted by atomic mass is 16.7. The van der Waals surface area contributed by atoms with Gasteiger partial charge in [-0.05, 0) is 50.0 Å². The van der Waals surface area contributed by atoms with Crippen molar-refractivity contribution in [3.8, 4) is 0 Å². The molecule has 4 fully saturated rings. The van der Waals surface area contributed by atoms with Gasteiger partial charge in [0.2, 0.25) is 0 Å². The average molecular weight is 471 g/mol. The molecule has 0 aromatic rings. The molecule has 9 unspecified atom stereocenters. The predicted molar refractivity (Wildman–Crippen MR) is 125 cm³/mol. The molecule has 3 saturated carbocycles. The van der Waals surface area contributed by atoms with Gasteiger partial charge >= 0.3 is 0 Å². The molecular formula is C28H38O6. The fraction of sp³-hybridized carbons (Fsp3) is 0.786. The van der Waals surface area contributed by atoms with E-state index in [9.17, 15) is 19.8 Å². The zero-order chi connectivity index (χ0) is 23.9. The van der Waals surface area contributed by atoms with Crippen molar-refractivity contribution in [3.63, 3.8) is 0 Å². The molecule has 0 spiro atoms. The minimum atomic E-state index is -1.20. The first kappa shape index (κ1) is 23.1. The summed E-state index contributed by atoms with van der Waals surface area (Å²) in [6.45, 7) is 3.68. The molecule has 0 radical (unpaired) electrons. The molecular weight excluding hydrogens is 432 g/mol. The van der Waals surface area contributed by atoms with E-state index in [-0.39, 0.29) is 46.8 Å². The molecule has 5 aliphatic carbocycles. The van der Waals surface area contributed by atoms with Gasteiger partial charge < -0.3 is 19.7 Å². The zero-order valence-corrected chi connectivity index (χ0v) is 20.4. The van der Waals surface area contributed by atoms with Crippen molar-refractivity contribution in [2.45, 2.75) is 95.7 Å². The molecule has 6 rings (SSSR count). The van der Waals surface area contributed by atoms with Crippen molar-refractivity contribution in [2.75, 3.05) is 6.61 Å². The van der Waals surface area contributed by atoms with Gasteiger partial charge in [0.05, 0.1) is 12.2 Å². The summed E-state index contributed by atoms with van der Waals surface area (Å²) in [4.78, 5) is 25.6. The van der Waals surface area contributed by atoms with Gasteiger partial charge in [-0.3, -0.25) is 9.59 Å². The Balaban J connectivity index is 1.38. The predicted octanol–water partition coefficient (Wildman–Crippen LogP) is 3.50. The van der Waals surface area contributed by atoms with E-state index in [1.807, 2.05) is 6.08 Å². The smallest absolute Gasteiger partial charge is 0.193 e. The summed E-state index contributed by atoms with van der Waals surface area (Å²) in [5.74, 6) is 0.395. The van der Waals surface area contributed by atoms with E-state index < -0.39 is 30.0 Å². The quantitative estimate of drug-likeness (QED) is 0.614. The van der Waals surface area contributed by atoms with Crippen LogP contribution >= 0.6 is 0 Å². The van der Waals surface area contributed by atoms with Crippen molar-refractivity contribution < 1.29 is 29.3 Å². The molecule has 2 N–H and O–H groups in total. The molecule has 1 heterocycles. The SMILES string of the molecule is CC12C=CC(=O)CC1=CCC1C2C(O)CC2(C)C1CC1OC(C3CCCCC3)OC12C(=O)CO. The van der Waals surface area contributed by atoms with E-state index in [1.54, 1.807) is 6.08 Å². The number of fused-ring (bicyclic) bond motifs is 7. The average Bonchev–Trinajstić information content (AvgIpc) is 3.32. The highest BCUT2D eigenvalue weighted by molar-refractivity contribution is 5.93. The minimum absolute atomic E-state index is 0.0100. The second kappa shape index (κ2) is 7.83. The number of aliphatic hydroxyl groups excluding tert-OH is 2. The molecule has 0 aromatic heterocycles. The van der Waals surface area contributed by atoms with Crippen LogP contribution in [0.3, 0.4) is 0 Å². The highest BCUT2D eigenvalue weighted by Crippen LogP contribution is 2.69. The number of Topliss-reactive ketones (excluding diaryl/α,β-unsaturated/α-hetero) is 1. The fourth-order valence-corrected chi connectivity index (χ4v) is 9.24. The third kappa shape index (κ3) is 2.89. The molecule has 0 amide bonds. The van der Waals surface area contributed by atoms with Gasteiger partial charge in [-0.15, -0.1) is 0 Å². The topological polar surface area (TPSA) is 93.1 Å². The maximum atomic E-state index is 13.5. The molecule has 6 aliphatic rings. The van der Waals surface area contributed by atoms with Crippen LogP contribution in [0.15, 0.2) is 23.8 Å². The summed E-state index contributed by atoms with van der Waals surface area (Å²) in [6, 6.07) is 0. The summed E-state index contributed by atoms with van der Waals surface area (Å²) < 4.78 is 13.3. The van der Waals surface area contributed by atoms with Crippen molar-refractivity contribution in [1.29, 1.82) is 0 Å². The molecule has 0 aromatic carbocycles. The van der Waals surface area contributed by atoms with Crippen LogP contribution in [0, 0.1) is 34.5 Å². The number of hydrogen-bond acceptors (Lipinski definition) is 6. The summed E-state index contributed by atoms with van der Waals surface area (Å²) >= 11 is 0. The van der Waals surface area contributed by atoms with Crippen LogP contribution in [0.5, 0.6) is 0 Å². The van der Waals surface area contributed by atoms with Crippen LogP contribution < -0.4 is 0 Å². The van der Waals surface area contributed by atoms with Gasteiger partial charge in [-0.1, -0.05) is 50.8 Å². The lowest BCUT2D eigenvalue weighted by Gasteiger charge is -2.59. The summed E-state index contributed by atoms with van der Waals surface area (Å²) in [5.41, 5.74) is -1.05. The number of allylic oxidation sites excluding steroid dienone is 4. The largest absolute Gasteiger partial charge is 0.393 e. The Morgan fingerprint density at radius 2 is 1.97 bits per heavy atom. The molecule has 1 aliphatic heterocycles. The van der Waals surface area contributed by atoms with Crippen molar-refractivity contribution in [3.05, 3.63) is 23.8 Å². The first-order valence-corrected chi connectivity index (χ1v) is 13.3. The van der Waals surface area contributed by atoms with E-state index >= 15 is 0 Å². The molecule has 186 valence electrons. The standard InChI is InChI=1S/C28H38O6/c1-26-11-10-18(30)12-17(26)8-9-19-20-13-23-28(22(32)15-29,27(20,2)14-21(31)24(19)26)34-25(33-23)16-6-4-3-5-7-16/h8,10-11,16,19-21,23-25,29,31H,3-7,9,12-15H2,1-2H3. The summed E-state index contributed by atoms with van der Waals surface area (Å²) in [7, 11) is 0. The third-order valence-electron chi connectivity index (χ3n) is 10.8. The van der Waals surface area contributed by atoms with Crippen molar-refractivity contribution in [1.82, 2.24) is 0 Å². The van der Waals surface area contributed by atoms with Crippen molar-refractivity contribution >= 4 is 11.6 Å². The van der Waals surface area contributed by atoms with E-state index in [0.717, 1.165) is 37.7 Å². The molecule has 0 bridgehead atoms. The Labute approximate surface area is 201 Å². The Morgan fingerprint density at radius 1 is 1.21 bits per heavy atom. The van der Waals surface area contributed by atoms with Gasteiger partial charge in [-0.2, -0.15) is 0 Å². The van der Waals surface area contributed by atoms with E-state index in [0.29, 0.717) is 19.3 Å². The lowest BCUT2D eigenvalue weighted by atomic mass is 9.47. The van der Waals surface area contributed by atoms with Crippen LogP contribution in [-0.4, -0.2) is 52.5 Å². The second-order valence-electron chi connectivity index (χ2n) is 12.3. The lowest BCUT2D eigenvalue weighted by molar-refractivity contribution is -0.207. The van der Waals surface area contributed by atoms with Gasteiger partial charge in [0.25, 0.3) is 0 Å². The van der Waals surface area contributed by atoms with E-state index in [4.69, 9.17) is 9.47 Å². The van der Waals surface area contributed by atoms with Gasteiger partial charge in [-0.25, -0.2) is 0 Å². The van der Waals surface area contributed by atoms with Crippen LogP contribution in [-0.2, 0) is 19.1 Å². The monoisotopic (exact) mass is 470 g/mol. The van der Waals surface area contributed by atoms with Crippen molar-refractivity contribution in [2.24, 2.45) is 34.5 Å². The Morgan fingerprint density at radius 3 is 2.71 bits per heavy atom. The number of aliphatic hydroxyl groups is 2. The first-order valence-electron chi connectivity index (χ1n) is 13.3. The van der Waals surface area contributed by atoms with Crippen LogP contribution in [0.2, 0.25) is 0 Å². The summed E-state index contributed by atoms with van der Waals surface area (Å²) in [5, 5.41) is 21.7. The highest BCUT2D eigenvalue weighted by Gasteiger charge is 2.75. The summed E-state index contributed by atoms with van der Waals surface area (Å²) in [6.07, 6.45) is 12.5. The lowest BCUT2D eigenvalue weighted by Crippen LogP contribution is -2.63. The Kier molecular flexibility index (Phi) is 5.31. The first-order chi connectivity index (χ1) is 16.2. The molecule has 6 nitrogen and oxygen atoms in total. The normalized spacial score (nSPS) is 50.2. The van der Waals surface area contributed by atoms with Crippen LogP contribution in [0.4, 0.5) is 0 Å². The molecule has 34 heavy (non-hydrogen) atoms. The van der Waals surface area contributed by atoms with E-state index in [1.165, 1.54) is 6.42 Å². The van der Waals surface area contributed by atoms with Gasteiger partial charge in [0, 0.05) is 29.1 Å². The number of hydrogen-bond donors (Lipinski definition) is 2. The van der Waals surface area contributed by atoms with Gasteiger partial charge in [0.15, 0.2) is 23.5 Å². The second-order valence-corrected chi connectivity index (χ2v) is 12.3. The molecule has 1 saturated heterocycles.